The number of carbonyl (C=O) groups is 1. The molecule has 1 amide bonds. The Morgan fingerprint density at radius 3 is 2.83 bits per heavy atom. The maximum Gasteiger partial charge on any atom is 0.259 e. The van der Waals surface area contributed by atoms with E-state index in [2.05, 4.69) is 15.4 Å². The number of hydrogen-bond donors (Lipinski definition) is 1. The van der Waals surface area contributed by atoms with Crippen molar-refractivity contribution >= 4 is 23.2 Å². The Balaban J connectivity index is 1.86. The second-order valence-corrected chi connectivity index (χ2v) is 5.23. The summed E-state index contributed by atoms with van der Waals surface area (Å²) in [6.07, 6.45) is 3.11. The van der Waals surface area contributed by atoms with Crippen molar-refractivity contribution in [2.45, 2.75) is 6.92 Å². The van der Waals surface area contributed by atoms with E-state index in [1.807, 2.05) is 6.07 Å². The molecule has 0 aliphatic carbocycles. The second-order valence-electron chi connectivity index (χ2n) is 4.83. The molecule has 3 rings (SSSR count). The van der Waals surface area contributed by atoms with Crippen LogP contribution in [-0.4, -0.2) is 20.7 Å². The van der Waals surface area contributed by atoms with Crippen LogP contribution in [0, 0.1) is 12.7 Å². The zero-order valence-corrected chi connectivity index (χ0v) is 12.9. The van der Waals surface area contributed by atoms with Gasteiger partial charge in [-0.3, -0.25) is 4.79 Å². The van der Waals surface area contributed by atoms with Crippen LogP contribution in [0.4, 0.5) is 10.1 Å². The van der Waals surface area contributed by atoms with Gasteiger partial charge in [0.2, 0.25) is 0 Å². The number of carbonyl (C=O) groups excluding carboxylic acids is 1. The van der Waals surface area contributed by atoms with Crippen LogP contribution in [0.3, 0.4) is 0 Å². The molecule has 0 saturated heterocycles. The Labute approximate surface area is 136 Å². The van der Waals surface area contributed by atoms with E-state index in [0.717, 1.165) is 0 Å². The molecule has 2 aromatic heterocycles. The van der Waals surface area contributed by atoms with Crippen molar-refractivity contribution in [3.63, 3.8) is 0 Å². The number of amides is 1. The SMILES string of the molecule is Cc1c(C(=O)Nc2ccc(F)c(Cl)c2)cnn1-c1ccccn1. The van der Waals surface area contributed by atoms with Crippen molar-refractivity contribution in [1.29, 1.82) is 0 Å². The van der Waals surface area contributed by atoms with Gasteiger partial charge < -0.3 is 5.32 Å². The highest BCUT2D eigenvalue weighted by Gasteiger charge is 2.16. The summed E-state index contributed by atoms with van der Waals surface area (Å²) in [7, 11) is 0. The van der Waals surface area contributed by atoms with Crippen LogP contribution in [-0.2, 0) is 0 Å². The molecule has 3 aromatic rings. The second kappa shape index (κ2) is 6.18. The Morgan fingerprint density at radius 1 is 1.30 bits per heavy atom. The molecule has 0 spiro atoms. The Hall–Kier alpha value is -2.73. The lowest BCUT2D eigenvalue weighted by Gasteiger charge is -2.06. The highest BCUT2D eigenvalue weighted by atomic mass is 35.5. The van der Waals surface area contributed by atoms with Crippen LogP contribution in [0.5, 0.6) is 0 Å². The molecule has 1 N–H and O–H groups in total. The van der Waals surface area contributed by atoms with Gasteiger partial charge >= 0.3 is 0 Å². The molecule has 1 aromatic carbocycles. The van der Waals surface area contributed by atoms with E-state index in [0.29, 0.717) is 22.8 Å². The van der Waals surface area contributed by atoms with Crippen molar-refractivity contribution in [2.75, 3.05) is 5.32 Å². The lowest BCUT2D eigenvalue weighted by atomic mass is 10.2. The van der Waals surface area contributed by atoms with Crippen molar-refractivity contribution in [3.05, 3.63) is 70.9 Å². The minimum Gasteiger partial charge on any atom is -0.322 e. The van der Waals surface area contributed by atoms with Crippen LogP contribution < -0.4 is 5.32 Å². The highest BCUT2D eigenvalue weighted by Crippen LogP contribution is 2.20. The minimum absolute atomic E-state index is 0.0521. The molecule has 0 fully saturated rings. The maximum absolute atomic E-state index is 13.1. The fourth-order valence-corrected chi connectivity index (χ4v) is 2.30. The number of aromatic nitrogens is 3. The zero-order valence-electron chi connectivity index (χ0n) is 12.1. The summed E-state index contributed by atoms with van der Waals surface area (Å²) in [6, 6.07) is 9.42. The van der Waals surface area contributed by atoms with E-state index in [1.165, 1.54) is 24.4 Å². The fraction of sp³-hybridized carbons (Fsp3) is 0.0625. The molecule has 0 aliphatic rings. The third-order valence-electron chi connectivity index (χ3n) is 3.30. The van der Waals surface area contributed by atoms with E-state index in [-0.39, 0.29) is 10.9 Å². The number of halogens is 2. The van der Waals surface area contributed by atoms with Crippen molar-refractivity contribution in [2.24, 2.45) is 0 Å². The van der Waals surface area contributed by atoms with Gasteiger partial charge in [-0.2, -0.15) is 5.10 Å². The molecule has 0 atom stereocenters. The quantitative estimate of drug-likeness (QED) is 0.798. The van der Waals surface area contributed by atoms with Gasteiger partial charge in [0.1, 0.15) is 5.82 Å². The molecular formula is C16H12ClFN4O. The fourth-order valence-electron chi connectivity index (χ4n) is 2.11. The average Bonchev–Trinajstić information content (AvgIpc) is 2.93. The third-order valence-corrected chi connectivity index (χ3v) is 3.59. The smallest absolute Gasteiger partial charge is 0.259 e. The van der Waals surface area contributed by atoms with Gasteiger partial charge in [0.25, 0.3) is 5.91 Å². The molecule has 0 unspecified atom stereocenters. The van der Waals surface area contributed by atoms with Crippen molar-refractivity contribution < 1.29 is 9.18 Å². The predicted octanol–water partition coefficient (Wildman–Crippen LogP) is 3.62. The van der Waals surface area contributed by atoms with Crippen LogP contribution in [0.1, 0.15) is 16.1 Å². The molecule has 0 aliphatic heterocycles. The van der Waals surface area contributed by atoms with Crippen LogP contribution in [0.2, 0.25) is 5.02 Å². The van der Waals surface area contributed by atoms with Gasteiger partial charge in [-0.05, 0) is 37.3 Å². The van der Waals surface area contributed by atoms with E-state index >= 15 is 0 Å². The summed E-state index contributed by atoms with van der Waals surface area (Å²) < 4.78 is 14.7. The monoisotopic (exact) mass is 330 g/mol. The number of rotatable bonds is 3. The summed E-state index contributed by atoms with van der Waals surface area (Å²) in [4.78, 5) is 16.6. The van der Waals surface area contributed by atoms with Gasteiger partial charge in [-0.15, -0.1) is 0 Å². The molecule has 7 heteroatoms. The molecule has 0 radical (unpaired) electrons. The Bertz CT molecular complexity index is 864. The standard InChI is InChI=1S/C16H12ClFN4O/c1-10-12(9-20-22(10)15-4-2-3-7-19-15)16(23)21-11-5-6-14(18)13(17)8-11/h2-9H,1H3,(H,21,23). The average molecular weight is 331 g/mol. The first-order valence-corrected chi connectivity index (χ1v) is 7.16. The number of nitrogens with zero attached hydrogens (tertiary/aromatic N) is 3. The first-order chi connectivity index (χ1) is 11.1. The topological polar surface area (TPSA) is 59.8 Å². The molecule has 0 bridgehead atoms. The summed E-state index contributed by atoms with van der Waals surface area (Å²) in [5, 5.41) is 6.80. The number of benzene rings is 1. The summed E-state index contributed by atoms with van der Waals surface area (Å²) >= 11 is 5.71. The Morgan fingerprint density at radius 2 is 2.13 bits per heavy atom. The minimum atomic E-state index is -0.538. The first kappa shape index (κ1) is 15.2. The molecule has 0 saturated carbocycles. The molecular weight excluding hydrogens is 319 g/mol. The number of anilines is 1. The van der Waals surface area contributed by atoms with Crippen molar-refractivity contribution in [3.8, 4) is 5.82 Å². The zero-order chi connectivity index (χ0) is 16.4. The van der Waals surface area contributed by atoms with Gasteiger partial charge in [-0.25, -0.2) is 14.1 Å². The highest BCUT2D eigenvalue weighted by molar-refractivity contribution is 6.31. The van der Waals surface area contributed by atoms with E-state index in [9.17, 15) is 9.18 Å². The van der Waals surface area contributed by atoms with Crippen LogP contribution in [0.25, 0.3) is 5.82 Å². The number of nitrogens with one attached hydrogen (secondary N) is 1. The van der Waals surface area contributed by atoms with Gasteiger partial charge in [0.15, 0.2) is 5.82 Å². The normalized spacial score (nSPS) is 10.6. The lowest BCUT2D eigenvalue weighted by molar-refractivity contribution is 0.102. The van der Waals surface area contributed by atoms with Crippen LogP contribution in [0.15, 0.2) is 48.8 Å². The number of hydrogen-bond acceptors (Lipinski definition) is 3. The largest absolute Gasteiger partial charge is 0.322 e. The third kappa shape index (κ3) is 3.07. The van der Waals surface area contributed by atoms with Gasteiger partial charge in [-0.1, -0.05) is 17.7 Å². The molecule has 5 nitrogen and oxygen atoms in total. The molecule has 2 heterocycles. The first-order valence-electron chi connectivity index (χ1n) is 6.78. The number of pyridine rings is 1. The van der Waals surface area contributed by atoms with E-state index < -0.39 is 5.82 Å². The van der Waals surface area contributed by atoms with E-state index in [1.54, 1.807) is 29.9 Å². The lowest BCUT2D eigenvalue weighted by Crippen LogP contribution is -2.13. The summed E-state index contributed by atoms with van der Waals surface area (Å²) in [5.41, 5.74) is 1.46. The van der Waals surface area contributed by atoms with Gasteiger partial charge in [0.05, 0.1) is 22.5 Å². The molecule has 23 heavy (non-hydrogen) atoms. The van der Waals surface area contributed by atoms with Gasteiger partial charge in [0, 0.05) is 11.9 Å². The van der Waals surface area contributed by atoms with Crippen LogP contribution >= 0.6 is 11.6 Å². The Kier molecular flexibility index (Phi) is 4.08. The molecule has 116 valence electrons. The summed E-state index contributed by atoms with van der Waals surface area (Å²) in [5.74, 6) is -0.273. The predicted molar refractivity (Wildman–Crippen MR) is 85.5 cm³/mol. The van der Waals surface area contributed by atoms with E-state index in [4.69, 9.17) is 11.6 Å². The van der Waals surface area contributed by atoms with Crippen molar-refractivity contribution in [1.82, 2.24) is 14.8 Å². The summed E-state index contributed by atoms with van der Waals surface area (Å²) in [6.45, 7) is 1.77. The maximum atomic E-state index is 13.1.